The summed E-state index contributed by atoms with van der Waals surface area (Å²) < 4.78 is 11.3. The van der Waals surface area contributed by atoms with Gasteiger partial charge in [-0.2, -0.15) is 0 Å². The first kappa shape index (κ1) is 12.1. The van der Waals surface area contributed by atoms with Gasteiger partial charge in [0.25, 0.3) is 0 Å². The molecule has 1 aromatic carbocycles. The van der Waals surface area contributed by atoms with E-state index < -0.39 is 0 Å². The van der Waals surface area contributed by atoms with Gasteiger partial charge < -0.3 is 19.9 Å². The molecule has 0 spiro atoms. The highest BCUT2D eigenvalue weighted by atomic mass is 79.9. The van der Waals surface area contributed by atoms with Gasteiger partial charge in [-0.1, -0.05) is 0 Å². The van der Waals surface area contributed by atoms with Gasteiger partial charge in [0.2, 0.25) is 6.79 Å². The van der Waals surface area contributed by atoms with Gasteiger partial charge in [0.05, 0.1) is 0 Å². The van der Waals surface area contributed by atoms with Crippen molar-refractivity contribution in [1.29, 1.82) is 0 Å². The molecule has 0 radical (unpaired) electrons. The van der Waals surface area contributed by atoms with Crippen LogP contribution in [0.25, 0.3) is 0 Å². The molecule has 0 atom stereocenters. The van der Waals surface area contributed by atoms with Crippen molar-refractivity contribution in [1.82, 2.24) is 5.32 Å². The van der Waals surface area contributed by atoms with Gasteiger partial charge in [-0.25, -0.2) is 0 Å². The van der Waals surface area contributed by atoms with E-state index in [1.54, 1.807) is 0 Å². The van der Waals surface area contributed by atoms with Crippen LogP contribution in [0.15, 0.2) is 10.5 Å². The molecule has 1 aromatic rings. The number of benzene rings is 1. The Balaban J connectivity index is 1.85. The lowest BCUT2D eigenvalue weighted by molar-refractivity contribution is 0.173. The highest BCUT2D eigenvalue weighted by molar-refractivity contribution is 9.10. The van der Waals surface area contributed by atoms with E-state index in [1.807, 2.05) is 6.07 Å². The Bertz CT molecular complexity index is 458. The zero-order valence-electron chi connectivity index (χ0n) is 10.0. The first-order chi connectivity index (χ1) is 8.75. The fourth-order valence-electron chi connectivity index (χ4n) is 2.59. The predicted molar refractivity (Wildman–Crippen MR) is 71.2 cm³/mol. The third-order valence-electron chi connectivity index (χ3n) is 3.63. The Morgan fingerprint density at radius 1 is 1.33 bits per heavy atom. The zero-order chi connectivity index (χ0) is 12.5. The molecule has 0 bridgehead atoms. The summed E-state index contributed by atoms with van der Waals surface area (Å²) in [6.07, 6.45) is 3.21. The molecule has 2 N–H and O–H groups in total. The van der Waals surface area contributed by atoms with Gasteiger partial charge in [0, 0.05) is 0 Å². The minimum absolute atomic E-state index is 0.226. The van der Waals surface area contributed by atoms with Crippen LogP contribution in [0, 0.1) is 5.92 Å². The lowest BCUT2D eigenvalue weighted by Gasteiger charge is -2.23. The fraction of sp³-hybridized carbons (Fsp3) is 0.538. The quantitative estimate of drug-likeness (QED) is 0.880. The summed E-state index contributed by atoms with van der Waals surface area (Å²) in [6.45, 7) is 2.36. The van der Waals surface area contributed by atoms with E-state index in [2.05, 4.69) is 21.2 Å². The monoisotopic (exact) mass is 313 g/mol. The number of ether oxygens (including phenoxy) is 2. The number of fused-ring (bicyclic) bond motifs is 1. The highest BCUT2D eigenvalue weighted by Crippen LogP contribution is 2.46. The van der Waals surface area contributed by atoms with Crippen molar-refractivity contribution in [3.8, 4) is 17.2 Å². The van der Waals surface area contributed by atoms with Gasteiger partial charge in [-0.15, -0.1) is 0 Å². The molecule has 98 valence electrons. The first-order valence-corrected chi connectivity index (χ1v) is 7.05. The van der Waals surface area contributed by atoms with Crippen LogP contribution in [0.4, 0.5) is 0 Å². The van der Waals surface area contributed by atoms with E-state index in [4.69, 9.17) is 9.47 Å². The average molecular weight is 314 g/mol. The maximum atomic E-state index is 10.2. The molecule has 0 aromatic heterocycles. The van der Waals surface area contributed by atoms with E-state index in [9.17, 15) is 5.11 Å². The maximum absolute atomic E-state index is 10.2. The van der Waals surface area contributed by atoms with Crippen molar-refractivity contribution < 1.29 is 14.6 Å². The number of phenolic OH excluding ortho intramolecular Hbond substituents is 1. The molecule has 3 rings (SSSR count). The summed E-state index contributed by atoms with van der Waals surface area (Å²) >= 11 is 3.38. The number of hydrogen-bond acceptors (Lipinski definition) is 4. The lowest BCUT2D eigenvalue weighted by Crippen LogP contribution is -2.28. The Morgan fingerprint density at radius 2 is 2.11 bits per heavy atom. The standard InChI is InChI=1S/C13H16BrNO3/c14-11-12(16)9(5-8-1-3-15-4-2-8)6-10-13(11)18-7-17-10/h6,8,15-16H,1-5,7H2. The second kappa shape index (κ2) is 4.97. The second-order valence-electron chi connectivity index (χ2n) is 4.83. The van der Waals surface area contributed by atoms with Gasteiger partial charge in [0.1, 0.15) is 10.2 Å². The Kier molecular flexibility index (Phi) is 3.35. The van der Waals surface area contributed by atoms with E-state index in [-0.39, 0.29) is 12.5 Å². The summed E-state index contributed by atoms with van der Waals surface area (Å²) in [7, 11) is 0. The fourth-order valence-corrected chi connectivity index (χ4v) is 3.16. The molecule has 18 heavy (non-hydrogen) atoms. The molecular formula is C13H16BrNO3. The Hall–Kier alpha value is -0.940. The van der Waals surface area contributed by atoms with Gasteiger partial charge in [-0.3, -0.25) is 0 Å². The third-order valence-corrected chi connectivity index (χ3v) is 4.36. The van der Waals surface area contributed by atoms with E-state index in [0.29, 0.717) is 16.1 Å². The Morgan fingerprint density at radius 3 is 2.89 bits per heavy atom. The van der Waals surface area contributed by atoms with Gasteiger partial charge in [0.15, 0.2) is 11.5 Å². The summed E-state index contributed by atoms with van der Waals surface area (Å²) in [5.41, 5.74) is 0.943. The molecule has 5 heteroatoms. The van der Waals surface area contributed by atoms with Gasteiger partial charge >= 0.3 is 0 Å². The van der Waals surface area contributed by atoms with Crippen LogP contribution >= 0.6 is 15.9 Å². The molecule has 0 amide bonds. The topological polar surface area (TPSA) is 50.7 Å². The lowest BCUT2D eigenvalue weighted by atomic mass is 9.90. The summed E-state index contributed by atoms with van der Waals surface area (Å²) in [5, 5.41) is 13.5. The molecule has 0 unspecified atom stereocenters. The normalized spacial score (nSPS) is 19.2. The molecule has 4 nitrogen and oxygen atoms in total. The minimum atomic E-state index is 0.226. The molecule has 2 aliphatic heterocycles. The predicted octanol–water partition coefficient (Wildman–Crippen LogP) is 2.43. The third kappa shape index (κ3) is 2.17. The van der Waals surface area contributed by atoms with Crippen LogP contribution < -0.4 is 14.8 Å². The molecular weight excluding hydrogens is 298 g/mol. The first-order valence-electron chi connectivity index (χ1n) is 6.26. The van der Waals surface area contributed by atoms with E-state index in [1.165, 1.54) is 0 Å². The number of phenols is 1. The van der Waals surface area contributed by atoms with Crippen LogP contribution in [-0.4, -0.2) is 25.0 Å². The number of aromatic hydroxyl groups is 1. The molecule has 0 saturated carbocycles. The zero-order valence-corrected chi connectivity index (χ0v) is 11.6. The molecule has 1 fully saturated rings. The molecule has 2 aliphatic rings. The number of piperidine rings is 1. The SMILES string of the molecule is Oc1c(CC2CCNCC2)cc2c(c1Br)OCO2. The number of rotatable bonds is 2. The van der Waals surface area contributed by atoms with E-state index >= 15 is 0 Å². The maximum Gasteiger partial charge on any atom is 0.231 e. The van der Waals surface area contributed by atoms with Crippen molar-refractivity contribution in [2.75, 3.05) is 19.9 Å². The summed E-state index contributed by atoms with van der Waals surface area (Å²) in [5.74, 6) is 2.26. The molecule has 2 heterocycles. The number of nitrogens with one attached hydrogen (secondary N) is 1. The van der Waals surface area contributed by atoms with Crippen molar-refractivity contribution in [3.05, 3.63) is 16.1 Å². The van der Waals surface area contributed by atoms with Crippen molar-refractivity contribution in [3.63, 3.8) is 0 Å². The number of hydrogen-bond donors (Lipinski definition) is 2. The van der Waals surface area contributed by atoms with Crippen LogP contribution in [0.5, 0.6) is 17.2 Å². The van der Waals surface area contributed by atoms with Crippen molar-refractivity contribution >= 4 is 15.9 Å². The van der Waals surface area contributed by atoms with Crippen molar-refractivity contribution in [2.24, 2.45) is 5.92 Å². The van der Waals surface area contributed by atoms with E-state index in [0.717, 1.165) is 43.7 Å². The van der Waals surface area contributed by atoms with Crippen LogP contribution in [-0.2, 0) is 6.42 Å². The smallest absolute Gasteiger partial charge is 0.231 e. The molecule has 0 aliphatic carbocycles. The van der Waals surface area contributed by atoms with Crippen LogP contribution in [0.1, 0.15) is 18.4 Å². The summed E-state index contributed by atoms with van der Waals surface area (Å²) in [4.78, 5) is 0. The Labute approximate surface area is 114 Å². The summed E-state index contributed by atoms with van der Waals surface area (Å²) in [6, 6.07) is 1.91. The van der Waals surface area contributed by atoms with Gasteiger partial charge in [-0.05, 0) is 65.8 Å². The molecule has 1 saturated heterocycles. The largest absolute Gasteiger partial charge is 0.506 e. The minimum Gasteiger partial charge on any atom is -0.506 e. The highest BCUT2D eigenvalue weighted by Gasteiger charge is 2.24. The number of halogens is 1. The van der Waals surface area contributed by atoms with Crippen molar-refractivity contribution in [2.45, 2.75) is 19.3 Å². The second-order valence-corrected chi connectivity index (χ2v) is 5.62. The van der Waals surface area contributed by atoms with Crippen LogP contribution in [0.3, 0.4) is 0 Å². The van der Waals surface area contributed by atoms with Crippen LogP contribution in [0.2, 0.25) is 0 Å². The average Bonchev–Trinajstić information content (AvgIpc) is 2.85.